The molecule has 0 aliphatic heterocycles. The highest BCUT2D eigenvalue weighted by molar-refractivity contribution is 5.97. The molecule has 0 saturated heterocycles. The van der Waals surface area contributed by atoms with Gasteiger partial charge in [-0.15, -0.1) is 12.4 Å². The van der Waals surface area contributed by atoms with Gasteiger partial charge >= 0.3 is 11.9 Å². The number of carbonyl (C=O) groups is 3. The van der Waals surface area contributed by atoms with Crippen LogP contribution in [0.4, 0.5) is 0 Å². The fourth-order valence-corrected chi connectivity index (χ4v) is 2.84. The zero-order valence-electron chi connectivity index (χ0n) is 19.5. The molecular weight excluding hydrogens is 474 g/mol. The van der Waals surface area contributed by atoms with Crippen LogP contribution in [0.5, 0.6) is 5.75 Å². The Hall–Kier alpha value is -3.87. The Morgan fingerprint density at radius 3 is 2.51 bits per heavy atom. The lowest BCUT2D eigenvalue weighted by Gasteiger charge is -2.15. The molecule has 35 heavy (non-hydrogen) atoms. The highest BCUT2D eigenvalue weighted by atomic mass is 35.5. The lowest BCUT2D eigenvalue weighted by molar-refractivity contribution is -0.145. The van der Waals surface area contributed by atoms with E-state index in [0.29, 0.717) is 17.5 Å². The number of nitriles is 1. The predicted molar refractivity (Wildman–Crippen MR) is 131 cm³/mol. The molecule has 0 radical (unpaired) electrons. The molecule has 0 unspecified atom stereocenters. The number of nitrogens with one attached hydrogen (secondary N) is 1. The minimum atomic E-state index is -0.740. The van der Waals surface area contributed by atoms with E-state index in [2.05, 4.69) is 5.32 Å². The molecule has 2 rings (SSSR count). The van der Waals surface area contributed by atoms with Crippen LogP contribution in [0.15, 0.2) is 54.2 Å². The van der Waals surface area contributed by atoms with E-state index in [-0.39, 0.29) is 49.5 Å². The lowest BCUT2D eigenvalue weighted by atomic mass is 10.1. The van der Waals surface area contributed by atoms with E-state index in [1.54, 1.807) is 12.1 Å². The maximum absolute atomic E-state index is 12.0. The molecule has 9 nitrogen and oxygen atoms in total. The molecule has 1 amide bonds. The smallest absolute Gasteiger partial charge is 0.354 e. The highest BCUT2D eigenvalue weighted by Gasteiger charge is 2.15. The summed E-state index contributed by atoms with van der Waals surface area (Å²) in [6, 6.07) is 15.5. The summed E-state index contributed by atoms with van der Waals surface area (Å²) in [5, 5.41) is 11.6. The number of nitrogens with zero attached hydrogens (tertiary/aromatic N) is 1. The second kappa shape index (κ2) is 15.1. The summed E-state index contributed by atoms with van der Waals surface area (Å²) < 4.78 is 15.7. The van der Waals surface area contributed by atoms with Crippen molar-refractivity contribution in [2.45, 2.75) is 32.4 Å². The number of halogens is 1. The van der Waals surface area contributed by atoms with E-state index < -0.39 is 17.9 Å². The first-order chi connectivity index (χ1) is 16.3. The Morgan fingerprint density at radius 1 is 1.17 bits per heavy atom. The van der Waals surface area contributed by atoms with E-state index in [1.165, 1.54) is 26.2 Å². The topological polar surface area (TPSA) is 141 Å². The summed E-state index contributed by atoms with van der Waals surface area (Å²) in [6.45, 7) is 1.51. The van der Waals surface area contributed by atoms with Crippen LogP contribution in [0.3, 0.4) is 0 Å². The van der Waals surface area contributed by atoms with E-state index in [1.807, 2.05) is 36.4 Å². The maximum Gasteiger partial charge on any atom is 0.354 e. The van der Waals surface area contributed by atoms with Gasteiger partial charge in [0.2, 0.25) is 5.91 Å². The van der Waals surface area contributed by atoms with Crippen molar-refractivity contribution in [3.8, 4) is 11.8 Å². The molecule has 3 N–H and O–H groups in total. The first-order valence-corrected chi connectivity index (χ1v) is 10.5. The quantitative estimate of drug-likeness (QED) is 0.353. The van der Waals surface area contributed by atoms with E-state index in [0.717, 1.165) is 5.56 Å². The van der Waals surface area contributed by atoms with Gasteiger partial charge in [-0.25, -0.2) is 4.79 Å². The van der Waals surface area contributed by atoms with Crippen molar-refractivity contribution in [3.63, 3.8) is 0 Å². The molecule has 0 saturated carbocycles. The van der Waals surface area contributed by atoms with Gasteiger partial charge in [-0.2, -0.15) is 5.26 Å². The number of methoxy groups -OCH3 is 1. The summed E-state index contributed by atoms with van der Waals surface area (Å²) in [5.74, 6) is -1.27. The van der Waals surface area contributed by atoms with Crippen LogP contribution in [0, 0.1) is 11.3 Å². The molecular formula is C25H28ClN3O6. The van der Waals surface area contributed by atoms with Gasteiger partial charge in [0.05, 0.1) is 18.7 Å². The summed E-state index contributed by atoms with van der Waals surface area (Å²) in [4.78, 5) is 35.4. The Labute approximate surface area is 210 Å². The van der Waals surface area contributed by atoms with Crippen LogP contribution in [0.2, 0.25) is 0 Å². The molecule has 186 valence electrons. The van der Waals surface area contributed by atoms with Gasteiger partial charge in [0.25, 0.3) is 0 Å². The molecule has 0 fully saturated rings. The first-order valence-electron chi connectivity index (χ1n) is 10.5. The number of nitrogens with two attached hydrogens (primary N) is 1. The molecule has 1 atom stereocenters. The normalized spacial score (nSPS) is 11.3. The van der Waals surface area contributed by atoms with Crippen LogP contribution < -0.4 is 15.8 Å². The summed E-state index contributed by atoms with van der Waals surface area (Å²) in [6.07, 6.45) is 1.84. The van der Waals surface area contributed by atoms with Crippen molar-refractivity contribution < 1.29 is 28.6 Å². The fraction of sp³-hybridized carbons (Fsp3) is 0.280. The fourth-order valence-electron chi connectivity index (χ4n) is 2.84. The molecule has 0 aromatic heterocycles. The molecule has 0 spiro atoms. The molecule has 2 aromatic rings. The van der Waals surface area contributed by atoms with Crippen LogP contribution in [-0.4, -0.2) is 37.6 Å². The maximum atomic E-state index is 12.0. The van der Waals surface area contributed by atoms with Crippen molar-refractivity contribution in [2.24, 2.45) is 5.73 Å². The lowest BCUT2D eigenvalue weighted by Crippen LogP contribution is -2.29. The van der Waals surface area contributed by atoms with Crippen molar-refractivity contribution in [2.75, 3.05) is 13.7 Å². The van der Waals surface area contributed by atoms with E-state index >= 15 is 0 Å². The largest absolute Gasteiger partial charge is 0.491 e. The van der Waals surface area contributed by atoms with Crippen LogP contribution in [-0.2, 0) is 30.5 Å². The van der Waals surface area contributed by atoms with E-state index in [9.17, 15) is 19.6 Å². The van der Waals surface area contributed by atoms with Gasteiger partial charge in [0.15, 0.2) is 0 Å². The average Bonchev–Trinajstić information content (AvgIpc) is 2.84. The SMILES string of the molecule is COC(=O)C(=Cc1ccc(C#N)cc1OC[C@H](N)CCC(=O)OCc1ccccc1)NC(C)=O.Cl. The van der Waals surface area contributed by atoms with Gasteiger partial charge in [-0.05, 0) is 36.3 Å². The zero-order valence-corrected chi connectivity index (χ0v) is 20.3. The molecule has 2 aromatic carbocycles. The number of esters is 2. The standard InChI is InChI=1S/C25H27N3O6.ClH/c1-17(29)28-22(25(31)32-2)13-20-9-8-19(14-26)12-23(20)33-16-21(27)10-11-24(30)34-15-18-6-4-3-5-7-18;/h3-9,12-13,21H,10-11,15-16,27H2,1-2H3,(H,28,29);1H/t21-;/m1./s1. The third-order valence-electron chi connectivity index (χ3n) is 4.57. The van der Waals surface area contributed by atoms with Crippen molar-refractivity contribution in [3.05, 3.63) is 70.9 Å². The monoisotopic (exact) mass is 501 g/mol. The second-order valence-electron chi connectivity index (χ2n) is 7.35. The predicted octanol–water partition coefficient (Wildman–Crippen LogP) is 2.86. The Balaban J connectivity index is 0.00000612. The first kappa shape index (κ1) is 29.2. The highest BCUT2D eigenvalue weighted by Crippen LogP contribution is 2.23. The number of benzene rings is 2. The number of carbonyl (C=O) groups excluding carboxylic acids is 3. The Kier molecular flexibility index (Phi) is 12.6. The molecule has 0 aliphatic carbocycles. The van der Waals surface area contributed by atoms with E-state index in [4.69, 9.17) is 19.9 Å². The third kappa shape index (κ3) is 10.3. The van der Waals surface area contributed by atoms with Crippen molar-refractivity contribution in [1.82, 2.24) is 5.32 Å². The average molecular weight is 502 g/mol. The summed E-state index contributed by atoms with van der Waals surface area (Å²) in [7, 11) is 1.19. The van der Waals surface area contributed by atoms with Crippen LogP contribution >= 0.6 is 12.4 Å². The summed E-state index contributed by atoms with van der Waals surface area (Å²) in [5.41, 5.74) is 7.67. The number of hydrogen-bond acceptors (Lipinski definition) is 8. The minimum absolute atomic E-state index is 0. The Morgan fingerprint density at radius 2 is 1.89 bits per heavy atom. The Bertz CT molecular complexity index is 1080. The minimum Gasteiger partial charge on any atom is -0.491 e. The number of amides is 1. The molecule has 0 aliphatic rings. The summed E-state index contributed by atoms with van der Waals surface area (Å²) >= 11 is 0. The van der Waals surface area contributed by atoms with Crippen LogP contribution in [0.25, 0.3) is 6.08 Å². The second-order valence-corrected chi connectivity index (χ2v) is 7.35. The number of hydrogen-bond donors (Lipinski definition) is 2. The van der Waals surface area contributed by atoms with Gasteiger partial charge in [0, 0.05) is 24.9 Å². The zero-order chi connectivity index (χ0) is 24.9. The van der Waals surface area contributed by atoms with Gasteiger partial charge in [-0.3, -0.25) is 9.59 Å². The van der Waals surface area contributed by atoms with Gasteiger partial charge in [0.1, 0.15) is 24.7 Å². The molecule has 0 bridgehead atoms. The van der Waals surface area contributed by atoms with Crippen molar-refractivity contribution in [1.29, 1.82) is 5.26 Å². The third-order valence-corrected chi connectivity index (χ3v) is 4.57. The molecule has 10 heteroatoms. The van der Waals surface area contributed by atoms with Gasteiger partial charge < -0.3 is 25.3 Å². The number of ether oxygens (including phenoxy) is 3. The van der Waals surface area contributed by atoms with Crippen LogP contribution in [0.1, 0.15) is 36.5 Å². The van der Waals surface area contributed by atoms with Gasteiger partial charge in [-0.1, -0.05) is 30.3 Å². The molecule has 0 heterocycles. The number of rotatable bonds is 11. The van der Waals surface area contributed by atoms with Crippen molar-refractivity contribution >= 4 is 36.3 Å².